The van der Waals surface area contributed by atoms with Crippen molar-refractivity contribution in [2.24, 2.45) is 0 Å². The molecule has 0 bridgehead atoms. The van der Waals surface area contributed by atoms with E-state index in [2.05, 4.69) is 0 Å². The van der Waals surface area contributed by atoms with Crippen LogP contribution in [0.1, 0.15) is 31.1 Å². The maximum atomic E-state index is 11.7. The number of methoxy groups -OCH3 is 2. The van der Waals surface area contributed by atoms with Crippen molar-refractivity contribution in [2.75, 3.05) is 47.3 Å². The van der Waals surface area contributed by atoms with Crippen LogP contribution in [0.5, 0.6) is 11.5 Å². The van der Waals surface area contributed by atoms with E-state index in [0.29, 0.717) is 50.1 Å². The van der Waals surface area contributed by atoms with Crippen LogP contribution in [0.15, 0.2) is 18.2 Å². The fourth-order valence-electron chi connectivity index (χ4n) is 1.55. The lowest BCUT2D eigenvalue weighted by molar-refractivity contribution is 0.0525. The van der Waals surface area contributed by atoms with Crippen LogP contribution in [0, 0.1) is 0 Å². The Kier molecular flexibility index (Phi) is 12.8. The molecule has 6 heteroatoms. The zero-order chi connectivity index (χ0) is 17.5. The lowest BCUT2D eigenvalue weighted by atomic mass is 10.2. The van der Waals surface area contributed by atoms with Crippen LogP contribution in [0.25, 0.3) is 0 Å². The third kappa shape index (κ3) is 8.42. The quantitative estimate of drug-likeness (QED) is 0.486. The Morgan fingerprint density at radius 3 is 2.00 bits per heavy atom. The summed E-state index contributed by atoms with van der Waals surface area (Å²) in [6.45, 7) is 7.76. The van der Waals surface area contributed by atoms with E-state index < -0.39 is 5.97 Å². The minimum Gasteiger partial charge on any atom is -0.487 e. The molecule has 0 amide bonds. The second-order valence-electron chi connectivity index (χ2n) is 4.06. The number of carbonyl (C=O) groups is 1. The van der Waals surface area contributed by atoms with Crippen LogP contribution < -0.4 is 9.47 Å². The van der Waals surface area contributed by atoms with Crippen molar-refractivity contribution >= 4 is 5.97 Å². The number of benzene rings is 1. The molecule has 132 valence electrons. The number of hydrogen-bond donors (Lipinski definition) is 0. The third-order valence-corrected chi connectivity index (χ3v) is 2.54. The van der Waals surface area contributed by atoms with Crippen LogP contribution in [0.2, 0.25) is 0 Å². The molecule has 0 spiro atoms. The predicted molar refractivity (Wildman–Crippen MR) is 88.5 cm³/mol. The first-order valence-electron chi connectivity index (χ1n) is 7.77. The topological polar surface area (TPSA) is 63.2 Å². The highest BCUT2D eigenvalue weighted by Crippen LogP contribution is 2.28. The van der Waals surface area contributed by atoms with Gasteiger partial charge < -0.3 is 23.7 Å². The first-order valence-corrected chi connectivity index (χ1v) is 7.77. The van der Waals surface area contributed by atoms with Gasteiger partial charge in [0, 0.05) is 14.2 Å². The van der Waals surface area contributed by atoms with E-state index in [1.54, 1.807) is 39.3 Å². The first-order chi connectivity index (χ1) is 11.2. The number of ether oxygens (including phenoxy) is 5. The zero-order valence-electron chi connectivity index (χ0n) is 14.7. The van der Waals surface area contributed by atoms with Crippen molar-refractivity contribution in [1.29, 1.82) is 0 Å². The molecule has 6 nitrogen and oxygen atoms in total. The van der Waals surface area contributed by atoms with Gasteiger partial charge in [0.05, 0.1) is 25.4 Å². The Morgan fingerprint density at radius 1 is 0.913 bits per heavy atom. The summed E-state index contributed by atoms with van der Waals surface area (Å²) in [5.41, 5.74) is 0.420. The summed E-state index contributed by atoms with van der Waals surface area (Å²) in [6.07, 6.45) is 0. The highest BCUT2D eigenvalue weighted by atomic mass is 16.6. The summed E-state index contributed by atoms with van der Waals surface area (Å²) < 4.78 is 26.0. The van der Waals surface area contributed by atoms with Gasteiger partial charge in [0.1, 0.15) is 13.2 Å². The average Bonchev–Trinajstić information content (AvgIpc) is 2.58. The number of carbonyl (C=O) groups excluding carboxylic acids is 1. The molecule has 1 rings (SSSR count). The fourth-order valence-corrected chi connectivity index (χ4v) is 1.55. The molecule has 1 aromatic carbocycles. The fraction of sp³-hybridized carbons (Fsp3) is 0.588. The summed E-state index contributed by atoms with van der Waals surface area (Å²) in [7, 11) is 3.19. The lowest BCUT2D eigenvalue weighted by Gasteiger charge is -2.13. The third-order valence-electron chi connectivity index (χ3n) is 2.54. The van der Waals surface area contributed by atoms with Crippen molar-refractivity contribution < 1.29 is 28.5 Å². The van der Waals surface area contributed by atoms with E-state index in [4.69, 9.17) is 23.7 Å². The van der Waals surface area contributed by atoms with Crippen molar-refractivity contribution in [2.45, 2.75) is 20.8 Å². The second-order valence-corrected chi connectivity index (χ2v) is 4.06. The molecule has 0 aliphatic rings. The van der Waals surface area contributed by atoms with Gasteiger partial charge in [-0.3, -0.25) is 0 Å². The highest BCUT2D eigenvalue weighted by molar-refractivity contribution is 5.90. The summed E-state index contributed by atoms with van der Waals surface area (Å²) in [4.78, 5) is 11.7. The van der Waals surface area contributed by atoms with E-state index in [0.717, 1.165) is 0 Å². The Balaban J connectivity index is 0.00000232. The van der Waals surface area contributed by atoms with Gasteiger partial charge in [-0.1, -0.05) is 13.8 Å². The molecule has 0 atom stereocenters. The molecule has 23 heavy (non-hydrogen) atoms. The van der Waals surface area contributed by atoms with E-state index in [1.165, 1.54) is 0 Å². The molecule has 0 aliphatic carbocycles. The van der Waals surface area contributed by atoms with E-state index >= 15 is 0 Å². The highest BCUT2D eigenvalue weighted by Gasteiger charge is 2.12. The van der Waals surface area contributed by atoms with Gasteiger partial charge in [0.15, 0.2) is 11.5 Å². The van der Waals surface area contributed by atoms with Crippen molar-refractivity contribution in [3.63, 3.8) is 0 Å². The monoisotopic (exact) mass is 328 g/mol. The number of rotatable bonds is 10. The summed E-state index contributed by atoms with van der Waals surface area (Å²) in [5.74, 6) is 0.641. The largest absolute Gasteiger partial charge is 0.487 e. The SMILES string of the molecule is CC.CCOC(=O)c1ccc(OCCOC)c(OCCOC)c1. The molecule has 0 fully saturated rings. The molecule has 0 aromatic heterocycles. The maximum Gasteiger partial charge on any atom is 0.338 e. The molecule has 0 radical (unpaired) electrons. The summed E-state index contributed by atoms with van der Waals surface area (Å²) >= 11 is 0. The predicted octanol–water partition coefficient (Wildman–Crippen LogP) is 2.94. The van der Waals surface area contributed by atoms with Gasteiger partial charge in [0.25, 0.3) is 0 Å². The summed E-state index contributed by atoms with van der Waals surface area (Å²) in [6, 6.07) is 4.93. The zero-order valence-corrected chi connectivity index (χ0v) is 14.7. The van der Waals surface area contributed by atoms with Crippen molar-refractivity contribution in [1.82, 2.24) is 0 Å². The maximum absolute atomic E-state index is 11.7. The first kappa shape index (κ1) is 21.2. The van der Waals surface area contributed by atoms with Crippen molar-refractivity contribution in [3.8, 4) is 11.5 Å². The number of esters is 1. The molecule has 0 saturated carbocycles. The molecule has 0 heterocycles. The second kappa shape index (κ2) is 13.8. The Labute approximate surface area is 138 Å². The smallest absolute Gasteiger partial charge is 0.338 e. The minimum absolute atomic E-state index is 0.324. The molecule has 0 saturated heterocycles. The average molecular weight is 328 g/mol. The lowest BCUT2D eigenvalue weighted by Crippen LogP contribution is -2.10. The van der Waals surface area contributed by atoms with Crippen LogP contribution in [-0.4, -0.2) is 53.2 Å². The molecular formula is C17H28O6. The van der Waals surface area contributed by atoms with Gasteiger partial charge in [-0.15, -0.1) is 0 Å². The van der Waals surface area contributed by atoms with Crippen LogP contribution in [0.4, 0.5) is 0 Å². The Bertz CT molecular complexity index is 433. The van der Waals surface area contributed by atoms with Gasteiger partial charge in [-0.2, -0.15) is 0 Å². The molecule has 1 aromatic rings. The van der Waals surface area contributed by atoms with Crippen LogP contribution >= 0.6 is 0 Å². The van der Waals surface area contributed by atoms with Gasteiger partial charge in [-0.05, 0) is 25.1 Å². The van der Waals surface area contributed by atoms with Crippen molar-refractivity contribution in [3.05, 3.63) is 23.8 Å². The van der Waals surface area contributed by atoms with E-state index in [1.807, 2.05) is 13.8 Å². The normalized spacial score (nSPS) is 9.61. The van der Waals surface area contributed by atoms with E-state index in [9.17, 15) is 4.79 Å². The van der Waals surface area contributed by atoms with Gasteiger partial charge >= 0.3 is 5.97 Å². The molecule has 0 N–H and O–H groups in total. The van der Waals surface area contributed by atoms with E-state index in [-0.39, 0.29) is 0 Å². The molecular weight excluding hydrogens is 300 g/mol. The number of hydrogen-bond acceptors (Lipinski definition) is 6. The minimum atomic E-state index is -0.391. The Hall–Kier alpha value is -1.79. The van der Waals surface area contributed by atoms with Crippen LogP contribution in [-0.2, 0) is 14.2 Å². The van der Waals surface area contributed by atoms with Gasteiger partial charge in [0.2, 0.25) is 0 Å². The molecule has 0 unspecified atom stereocenters. The van der Waals surface area contributed by atoms with Crippen LogP contribution in [0.3, 0.4) is 0 Å². The summed E-state index contributed by atoms with van der Waals surface area (Å²) in [5, 5.41) is 0. The molecule has 0 aliphatic heterocycles. The standard InChI is InChI=1S/C15H22O6.C2H6/c1-4-19-15(16)12-5-6-13(20-9-7-17-2)14(11-12)21-10-8-18-3;1-2/h5-6,11H,4,7-10H2,1-3H3;1-2H3. The Morgan fingerprint density at radius 2 is 1.48 bits per heavy atom. The van der Waals surface area contributed by atoms with Gasteiger partial charge in [-0.25, -0.2) is 4.79 Å².